The van der Waals surface area contributed by atoms with E-state index in [-0.39, 0.29) is 11.8 Å². The molecule has 0 radical (unpaired) electrons. The van der Waals surface area contributed by atoms with Crippen LogP contribution in [-0.4, -0.2) is 26.4 Å². The predicted octanol–water partition coefficient (Wildman–Crippen LogP) is 3.41. The number of ether oxygens (including phenoxy) is 1. The number of thiophene rings is 1. The molecule has 0 saturated carbocycles. The Hall–Kier alpha value is -2.47. The molecule has 3 aromatic rings. The molecular weight excluding hydrogens is 300 g/mol. The molecule has 0 aliphatic rings. The molecule has 0 fully saturated rings. The highest BCUT2D eigenvalue weighted by Gasteiger charge is 2.06. The molecule has 0 amide bonds. The van der Waals surface area contributed by atoms with E-state index in [0.29, 0.717) is 18.9 Å². The number of aryl methyl sites for hydroxylation is 1. The molecule has 0 spiro atoms. The zero-order valence-electron chi connectivity index (χ0n) is 12.1. The Morgan fingerprint density at radius 2 is 1.95 bits per heavy atom. The lowest BCUT2D eigenvalue weighted by Crippen LogP contribution is -2.07. The highest BCUT2D eigenvalue weighted by Crippen LogP contribution is 2.26. The molecule has 0 saturated heterocycles. The summed E-state index contributed by atoms with van der Waals surface area (Å²) in [5.41, 5.74) is 2.15. The van der Waals surface area contributed by atoms with E-state index in [2.05, 4.69) is 23.4 Å². The van der Waals surface area contributed by atoms with Gasteiger partial charge in [-0.2, -0.15) is 0 Å². The Balaban J connectivity index is 1.60. The third kappa shape index (κ3) is 3.07. The summed E-state index contributed by atoms with van der Waals surface area (Å²) < 4.78 is 6.95. The van der Waals surface area contributed by atoms with Crippen LogP contribution in [-0.2, 0) is 6.54 Å². The van der Waals surface area contributed by atoms with E-state index >= 15 is 0 Å². The van der Waals surface area contributed by atoms with Crippen LogP contribution in [0.5, 0.6) is 17.5 Å². The summed E-state index contributed by atoms with van der Waals surface area (Å²) in [5.74, 6) is 0.688. The van der Waals surface area contributed by atoms with Crippen molar-refractivity contribution in [3.63, 3.8) is 0 Å². The molecule has 22 heavy (non-hydrogen) atoms. The van der Waals surface area contributed by atoms with Crippen LogP contribution >= 0.6 is 11.3 Å². The van der Waals surface area contributed by atoms with Gasteiger partial charge in [-0.05, 0) is 36.1 Å². The lowest BCUT2D eigenvalue weighted by atomic mass is 10.2. The Morgan fingerprint density at radius 3 is 2.55 bits per heavy atom. The second kappa shape index (κ2) is 6.11. The second-order valence-corrected chi connectivity index (χ2v) is 5.83. The summed E-state index contributed by atoms with van der Waals surface area (Å²) >= 11 is 1.67. The lowest BCUT2D eigenvalue weighted by Gasteiger charge is -2.09. The van der Waals surface area contributed by atoms with E-state index in [1.54, 1.807) is 17.5 Å². The summed E-state index contributed by atoms with van der Waals surface area (Å²) in [4.78, 5) is 5.52. The van der Waals surface area contributed by atoms with Crippen molar-refractivity contribution in [2.45, 2.75) is 13.5 Å². The van der Waals surface area contributed by atoms with Gasteiger partial charge in [-0.15, -0.1) is 11.3 Å². The average Bonchev–Trinajstić information content (AvgIpc) is 3.08. The van der Waals surface area contributed by atoms with E-state index in [1.165, 1.54) is 22.3 Å². The van der Waals surface area contributed by atoms with Crippen LogP contribution in [0.25, 0.3) is 10.6 Å². The van der Waals surface area contributed by atoms with Crippen molar-refractivity contribution in [3.8, 4) is 28.1 Å². The third-order valence-corrected chi connectivity index (χ3v) is 4.31. The molecule has 0 aliphatic heterocycles. The summed E-state index contributed by atoms with van der Waals surface area (Å²) in [5, 5.41) is 21.2. The van der Waals surface area contributed by atoms with Crippen LogP contribution in [0.1, 0.15) is 5.56 Å². The molecule has 0 aromatic carbocycles. The first-order valence-electron chi connectivity index (χ1n) is 6.85. The minimum atomic E-state index is 0.0163. The Labute approximate surface area is 132 Å². The van der Waals surface area contributed by atoms with E-state index < -0.39 is 0 Å². The molecular formula is C16H16N2O3S. The smallest absolute Gasteiger partial charge is 0.193 e. The number of aromatic nitrogens is 2. The topological polar surface area (TPSA) is 67.5 Å². The average molecular weight is 316 g/mol. The van der Waals surface area contributed by atoms with Crippen molar-refractivity contribution in [2.75, 3.05) is 6.61 Å². The van der Waals surface area contributed by atoms with Crippen molar-refractivity contribution in [3.05, 3.63) is 47.5 Å². The van der Waals surface area contributed by atoms with Gasteiger partial charge in [0.1, 0.15) is 12.4 Å². The molecule has 6 heteroatoms. The maximum absolute atomic E-state index is 9.53. The van der Waals surface area contributed by atoms with Crippen LogP contribution in [0.3, 0.4) is 0 Å². The lowest BCUT2D eigenvalue weighted by molar-refractivity contribution is 0.274. The second-order valence-electron chi connectivity index (χ2n) is 4.92. The molecule has 114 valence electrons. The minimum absolute atomic E-state index is 0.0163. The number of pyridine rings is 1. The molecule has 0 atom stereocenters. The fourth-order valence-electron chi connectivity index (χ4n) is 2.11. The van der Waals surface area contributed by atoms with Gasteiger partial charge in [-0.25, -0.2) is 0 Å². The molecule has 3 heterocycles. The van der Waals surface area contributed by atoms with Crippen LogP contribution < -0.4 is 4.74 Å². The Morgan fingerprint density at radius 1 is 1.18 bits per heavy atom. The van der Waals surface area contributed by atoms with Gasteiger partial charge in [0.2, 0.25) is 0 Å². The summed E-state index contributed by atoms with van der Waals surface area (Å²) in [6, 6.07) is 8.77. The number of rotatable bonds is 5. The fourth-order valence-corrected chi connectivity index (χ4v) is 2.98. The van der Waals surface area contributed by atoms with Crippen LogP contribution in [0, 0.1) is 6.92 Å². The summed E-state index contributed by atoms with van der Waals surface area (Å²) in [6.45, 7) is 2.75. The SMILES string of the molecule is Cc1csc(-c2ccc(OCCn3c(O)ccc3O)cn2)c1. The largest absolute Gasteiger partial charge is 0.494 e. The van der Waals surface area contributed by atoms with E-state index in [4.69, 9.17) is 4.74 Å². The van der Waals surface area contributed by atoms with Crippen molar-refractivity contribution >= 4 is 11.3 Å². The van der Waals surface area contributed by atoms with Gasteiger partial charge < -0.3 is 14.9 Å². The first kappa shape index (κ1) is 14.5. The Bertz CT molecular complexity index is 743. The van der Waals surface area contributed by atoms with Gasteiger partial charge in [0.05, 0.1) is 23.3 Å². The fraction of sp³-hybridized carbons (Fsp3) is 0.188. The molecule has 2 N–H and O–H groups in total. The zero-order valence-corrected chi connectivity index (χ0v) is 12.9. The predicted molar refractivity (Wildman–Crippen MR) is 85.5 cm³/mol. The first-order chi connectivity index (χ1) is 10.6. The molecule has 0 aliphatic carbocycles. The van der Waals surface area contributed by atoms with Crippen LogP contribution in [0.2, 0.25) is 0 Å². The molecule has 3 rings (SSSR count). The van der Waals surface area contributed by atoms with E-state index in [0.717, 1.165) is 10.6 Å². The quantitative estimate of drug-likeness (QED) is 0.757. The van der Waals surface area contributed by atoms with Gasteiger partial charge in [-0.1, -0.05) is 0 Å². The van der Waals surface area contributed by atoms with E-state index in [1.807, 2.05) is 12.1 Å². The molecule has 5 nitrogen and oxygen atoms in total. The monoisotopic (exact) mass is 316 g/mol. The van der Waals surface area contributed by atoms with E-state index in [9.17, 15) is 10.2 Å². The zero-order chi connectivity index (χ0) is 15.5. The number of hydrogen-bond donors (Lipinski definition) is 2. The third-order valence-electron chi connectivity index (χ3n) is 3.24. The maximum atomic E-state index is 9.53. The Kier molecular flexibility index (Phi) is 4.02. The van der Waals surface area contributed by atoms with Crippen molar-refractivity contribution in [1.29, 1.82) is 0 Å². The van der Waals surface area contributed by atoms with Crippen molar-refractivity contribution in [2.24, 2.45) is 0 Å². The molecule has 0 unspecified atom stereocenters. The van der Waals surface area contributed by atoms with Crippen molar-refractivity contribution < 1.29 is 14.9 Å². The number of hydrogen-bond acceptors (Lipinski definition) is 5. The highest BCUT2D eigenvalue weighted by atomic mass is 32.1. The first-order valence-corrected chi connectivity index (χ1v) is 7.73. The normalized spacial score (nSPS) is 10.8. The summed E-state index contributed by atoms with van der Waals surface area (Å²) in [6.07, 6.45) is 1.68. The van der Waals surface area contributed by atoms with Gasteiger partial charge in [0.15, 0.2) is 11.8 Å². The number of aromatic hydroxyl groups is 2. The van der Waals surface area contributed by atoms with Crippen LogP contribution in [0.15, 0.2) is 41.9 Å². The number of nitrogens with zero attached hydrogens (tertiary/aromatic N) is 2. The van der Waals surface area contributed by atoms with Crippen LogP contribution in [0.4, 0.5) is 0 Å². The maximum Gasteiger partial charge on any atom is 0.193 e. The standard InChI is InChI=1S/C16H16N2O3S/c1-11-8-14(22-10-11)13-3-2-12(9-17-13)21-7-6-18-15(19)4-5-16(18)20/h2-5,8-10,19-20H,6-7H2,1H3. The summed E-state index contributed by atoms with van der Waals surface area (Å²) in [7, 11) is 0. The van der Waals surface area contributed by atoms with Gasteiger partial charge in [0.25, 0.3) is 0 Å². The van der Waals surface area contributed by atoms with Gasteiger partial charge in [0, 0.05) is 12.1 Å². The molecule has 0 bridgehead atoms. The van der Waals surface area contributed by atoms with Gasteiger partial charge >= 0.3 is 0 Å². The van der Waals surface area contributed by atoms with Crippen molar-refractivity contribution in [1.82, 2.24) is 9.55 Å². The molecule has 3 aromatic heterocycles. The highest BCUT2D eigenvalue weighted by molar-refractivity contribution is 7.13. The van der Waals surface area contributed by atoms with Gasteiger partial charge in [-0.3, -0.25) is 9.55 Å². The minimum Gasteiger partial charge on any atom is -0.494 e.